The zero-order chi connectivity index (χ0) is 84.8. The quantitative estimate of drug-likeness (QED) is 0.0419. The van der Waals surface area contributed by atoms with E-state index in [0.29, 0.717) is 63.1 Å². The lowest BCUT2D eigenvalue weighted by Crippen LogP contribution is -2.49. The van der Waals surface area contributed by atoms with Gasteiger partial charge in [-0.2, -0.15) is 9.97 Å². The van der Waals surface area contributed by atoms with Gasteiger partial charge in [0.2, 0.25) is 67.2 Å². The number of carbonyl (C=O) groups excluding carboxylic acids is 8. The molecule has 4 aliphatic carbocycles. The Morgan fingerprint density at radius 3 is 1.22 bits per heavy atom. The first-order valence-corrected chi connectivity index (χ1v) is 42.9. The molecule has 8 aliphatic rings. The SMILES string of the molecule is COc1cc2ccccc2c(O[C@@H]2C[C@H]3C(=O)C[C@]4(C(=O)NS(=O)(=O)C5(CF)CC5)C[C@H]4/C=C\CC[C@@H](C)C[C@@H](C)[C@H](CC(=O)OC(C)(C)C(C)(F)F)C(=O)N3C2)n1.COc1cc2ccccc2c(O[C@@H]2C[C@H]3C(=O)C[C@]4(C(=O)NS(=O)(=O)C5(CF)CC5)C[C@H]4/C=C\CC[C@H](C)C[C@@H](C)[C@H](CC(=O)OC(C)(C)C(C)(F)F)C(=O)N3C2)n1. The predicted octanol–water partition coefficient (Wildman–Crippen LogP) is 13.0. The molecule has 4 amide bonds. The van der Waals surface area contributed by atoms with Crippen LogP contribution in [0.1, 0.15) is 185 Å². The number of pyridine rings is 2. The standard InChI is InChI=1S/2C42H54F3N3O9S/c2*1-25-11-7-9-13-28-21-42(28,38(52)47-58(53,54)41(24-43)15-16-41)22-33(49)32-19-29(56-36-30-14-10-8-12-27(30)18-34(46-36)55-6)23-48(32)37(51)31(26(2)17-25)20-35(50)57-39(3,4)40(5,44)45/h2*8-10,12-14,18,25-26,28-29,31-32H,7,11,15-17,19-24H2,1-6H3,(H,47,52)/b2*13-9-/t25-,26+,28+,29+,31-,32-,42+;25-,26-,28-,29-,31+,32+,42-/m01/s1. The Hall–Kier alpha value is -8.42. The molecular formula is C84H108F6N6O18S2. The van der Waals surface area contributed by atoms with Crippen molar-refractivity contribution in [2.75, 3.05) is 40.7 Å². The van der Waals surface area contributed by atoms with Gasteiger partial charge in [0.1, 0.15) is 35.1 Å². The summed E-state index contributed by atoms with van der Waals surface area (Å²) in [6.45, 7) is 10.8. The molecule has 636 valence electrons. The van der Waals surface area contributed by atoms with Gasteiger partial charge >= 0.3 is 11.9 Å². The number of rotatable bonds is 22. The number of ketones is 2. The van der Waals surface area contributed by atoms with Crippen LogP contribution >= 0.6 is 0 Å². The molecule has 4 aliphatic heterocycles. The molecule has 6 fully saturated rings. The van der Waals surface area contributed by atoms with E-state index in [1.807, 2.05) is 76.3 Å². The number of nitrogens with one attached hydrogen (secondary N) is 2. The first-order chi connectivity index (χ1) is 54.3. The number of nitrogens with zero attached hydrogens (tertiary/aromatic N) is 4. The maximum Gasteiger partial charge on any atom is 0.307 e. The average molecular weight is 1670 g/mol. The first kappa shape index (κ1) is 88.4. The highest BCUT2D eigenvalue weighted by Gasteiger charge is 2.66. The third kappa shape index (κ3) is 18.8. The first-order valence-electron chi connectivity index (χ1n) is 40.0. The molecule has 4 saturated carbocycles. The van der Waals surface area contributed by atoms with Gasteiger partial charge in [0.15, 0.2) is 22.8 Å². The van der Waals surface area contributed by atoms with Crippen LogP contribution in [0.4, 0.5) is 26.3 Å². The number of amides is 4. The van der Waals surface area contributed by atoms with Crippen molar-refractivity contribution in [1.82, 2.24) is 29.2 Å². The van der Waals surface area contributed by atoms with Crippen molar-refractivity contribution < 1.29 is 110 Å². The number of aromatic nitrogens is 2. The largest absolute Gasteiger partial charge is 0.481 e. The molecule has 2 aromatic carbocycles. The lowest BCUT2D eigenvalue weighted by molar-refractivity contribution is -0.197. The third-order valence-electron chi connectivity index (χ3n) is 25.6. The number of esters is 2. The van der Waals surface area contributed by atoms with E-state index in [2.05, 4.69) is 19.4 Å². The second kappa shape index (κ2) is 33.8. The van der Waals surface area contributed by atoms with Gasteiger partial charge in [0.05, 0.1) is 74.9 Å². The van der Waals surface area contributed by atoms with Gasteiger partial charge in [-0.3, -0.25) is 47.8 Å². The summed E-state index contributed by atoms with van der Waals surface area (Å²) in [4.78, 5) is 126. The lowest BCUT2D eigenvalue weighted by atomic mass is 9.82. The summed E-state index contributed by atoms with van der Waals surface area (Å²) in [6.07, 6.45) is 7.96. The highest BCUT2D eigenvalue weighted by molar-refractivity contribution is 7.92. The highest BCUT2D eigenvalue weighted by atomic mass is 32.2. The van der Waals surface area contributed by atoms with Gasteiger partial charge in [-0.1, -0.05) is 88.4 Å². The van der Waals surface area contributed by atoms with Crippen LogP contribution in [0, 0.1) is 58.2 Å². The van der Waals surface area contributed by atoms with Crippen molar-refractivity contribution in [2.45, 2.75) is 242 Å². The monoisotopic (exact) mass is 1670 g/mol. The van der Waals surface area contributed by atoms with Crippen molar-refractivity contribution >= 4 is 88.7 Å². The molecule has 0 bridgehead atoms. The number of sulfonamides is 2. The number of ether oxygens (including phenoxy) is 6. The van der Waals surface area contributed by atoms with E-state index < -0.39 is 209 Å². The molecular weight excluding hydrogens is 1560 g/mol. The number of carbonyl (C=O) groups is 8. The van der Waals surface area contributed by atoms with E-state index in [4.69, 9.17) is 28.4 Å². The van der Waals surface area contributed by atoms with E-state index in [0.717, 1.165) is 38.5 Å². The molecule has 6 heterocycles. The fraction of sp³-hybridized carbons (Fsp3) is 0.643. The minimum atomic E-state index is -4.39. The second-order valence-corrected chi connectivity index (χ2v) is 39.2. The number of benzene rings is 2. The maximum atomic E-state index is 14.9. The van der Waals surface area contributed by atoms with E-state index in [-0.39, 0.29) is 99.8 Å². The molecule has 4 aromatic rings. The molecule has 2 N–H and O–H groups in total. The molecule has 12 rings (SSSR count). The molecule has 14 atom stereocenters. The van der Waals surface area contributed by atoms with Gasteiger partial charge in [-0.15, -0.1) is 0 Å². The smallest absolute Gasteiger partial charge is 0.307 e. The normalized spacial score (nSPS) is 29.6. The average Bonchev–Trinajstić information content (AvgIpc) is 1.56. The van der Waals surface area contributed by atoms with Crippen LogP contribution in [-0.2, 0) is 67.9 Å². The zero-order valence-electron chi connectivity index (χ0n) is 67.8. The molecule has 32 heteroatoms. The Kier molecular flexibility index (Phi) is 25.7. The number of halogens is 6. The van der Waals surface area contributed by atoms with Crippen molar-refractivity contribution in [3.63, 3.8) is 0 Å². The minimum Gasteiger partial charge on any atom is -0.481 e. The van der Waals surface area contributed by atoms with Crippen molar-refractivity contribution in [3.8, 4) is 23.5 Å². The van der Waals surface area contributed by atoms with Gasteiger partial charge < -0.3 is 38.2 Å². The Bertz CT molecular complexity index is 4430. The number of hydrogen-bond acceptors (Lipinski definition) is 20. The van der Waals surface area contributed by atoms with E-state index in [1.54, 1.807) is 36.4 Å². The Labute approximate surface area is 673 Å². The zero-order valence-corrected chi connectivity index (χ0v) is 69.4. The topological polar surface area (TPSA) is 317 Å². The van der Waals surface area contributed by atoms with Crippen LogP contribution in [0.3, 0.4) is 0 Å². The van der Waals surface area contributed by atoms with Crippen LogP contribution in [-0.4, -0.2) is 181 Å². The van der Waals surface area contributed by atoms with E-state index >= 15 is 0 Å². The molecule has 2 aromatic heterocycles. The van der Waals surface area contributed by atoms with Crippen LogP contribution in [0.15, 0.2) is 85.0 Å². The Morgan fingerprint density at radius 2 is 0.897 bits per heavy atom. The summed E-state index contributed by atoms with van der Waals surface area (Å²) in [5.74, 6) is -15.8. The number of alkyl halides is 6. The van der Waals surface area contributed by atoms with Gasteiger partial charge in [-0.25, -0.2) is 43.2 Å². The fourth-order valence-electron chi connectivity index (χ4n) is 16.7. The number of Topliss-reactive ketones (excluding diaryl/α,β-unsaturated/α-hetero) is 2. The summed E-state index contributed by atoms with van der Waals surface area (Å²) in [7, 11) is -5.87. The number of allylic oxidation sites excluding steroid dienone is 4. The molecule has 0 unspecified atom stereocenters. The van der Waals surface area contributed by atoms with Crippen molar-refractivity contribution in [1.29, 1.82) is 0 Å². The molecule has 2 saturated heterocycles. The molecule has 0 radical (unpaired) electrons. The van der Waals surface area contributed by atoms with Gasteiger partial charge in [0.25, 0.3) is 11.8 Å². The van der Waals surface area contributed by atoms with Crippen molar-refractivity contribution in [2.24, 2.45) is 58.2 Å². The van der Waals surface area contributed by atoms with Crippen LogP contribution < -0.4 is 28.4 Å². The second-order valence-electron chi connectivity index (χ2n) is 35.1. The van der Waals surface area contributed by atoms with Crippen LogP contribution in [0.5, 0.6) is 23.5 Å². The van der Waals surface area contributed by atoms with Gasteiger partial charge in [0, 0.05) is 62.4 Å². The lowest BCUT2D eigenvalue weighted by Gasteiger charge is -2.34. The van der Waals surface area contributed by atoms with Crippen LogP contribution in [0.25, 0.3) is 21.5 Å². The minimum absolute atomic E-state index is 0.0315. The molecule has 24 nitrogen and oxygen atoms in total. The predicted molar refractivity (Wildman–Crippen MR) is 416 cm³/mol. The van der Waals surface area contributed by atoms with Crippen molar-refractivity contribution in [3.05, 3.63) is 85.0 Å². The summed E-state index contributed by atoms with van der Waals surface area (Å²) in [5.41, 5.74) is -7.27. The number of hydrogen-bond donors (Lipinski definition) is 2. The Morgan fingerprint density at radius 1 is 0.543 bits per heavy atom. The summed E-state index contributed by atoms with van der Waals surface area (Å²) >= 11 is 0. The number of methoxy groups -OCH3 is 2. The maximum absolute atomic E-state index is 14.9. The third-order valence-corrected chi connectivity index (χ3v) is 29.8. The summed E-state index contributed by atoms with van der Waals surface area (Å²) in [5, 5.41) is 2.83. The van der Waals surface area contributed by atoms with Crippen LogP contribution in [0.2, 0.25) is 0 Å². The highest BCUT2D eigenvalue weighted by Crippen LogP contribution is 2.60. The van der Waals surface area contributed by atoms with Gasteiger partial charge in [-0.05, 0) is 163 Å². The van der Waals surface area contributed by atoms with E-state index in [9.17, 15) is 81.5 Å². The number of fused-ring (bicyclic) bond motifs is 6. The molecule has 116 heavy (non-hydrogen) atoms. The fourth-order valence-corrected chi connectivity index (χ4v) is 19.6. The molecule has 0 spiro atoms. The summed E-state index contributed by atoms with van der Waals surface area (Å²) in [6, 6.07) is 15.7. The Balaban J connectivity index is 0.000000228. The summed E-state index contributed by atoms with van der Waals surface area (Å²) < 4.78 is 174. The van der Waals surface area contributed by atoms with E-state index in [1.165, 1.54) is 24.0 Å².